The molecule has 1 N–H and O–H groups in total. The van der Waals surface area contributed by atoms with Gasteiger partial charge >= 0.3 is 0 Å². The van der Waals surface area contributed by atoms with Crippen molar-refractivity contribution in [3.63, 3.8) is 0 Å². The van der Waals surface area contributed by atoms with E-state index in [2.05, 4.69) is 19.3 Å². The zero-order valence-electron chi connectivity index (χ0n) is 9.10. The molecular formula is C12H23N. The monoisotopic (exact) mass is 181 g/mol. The number of hydrogen-bond acceptors (Lipinski definition) is 1. The van der Waals surface area contributed by atoms with Crippen molar-refractivity contribution in [3.05, 3.63) is 0 Å². The van der Waals surface area contributed by atoms with Crippen LogP contribution in [0.2, 0.25) is 0 Å². The average Bonchev–Trinajstić information content (AvgIpc) is 2.60. The molecule has 1 nitrogen and oxygen atoms in total. The first-order valence-electron chi connectivity index (χ1n) is 5.94. The first-order chi connectivity index (χ1) is 6.27. The third-order valence-electron chi connectivity index (χ3n) is 4.68. The molecule has 0 aliphatic heterocycles. The minimum atomic E-state index is 0.771. The van der Waals surface area contributed by atoms with Crippen LogP contribution in [0.1, 0.15) is 51.9 Å². The highest BCUT2D eigenvalue weighted by Gasteiger charge is 2.42. The smallest absolute Gasteiger partial charge is 0.00670 e. The van der Waals surface area contributed by atoms with Gasteiger partial charge in [-0.2, -0.15) is 0 Å². The Balaban J connectivity index is 2.00. The van der Waals surface area contributed by atoms with Gasteiger partial charge in [-0.25, -0.2) is 0 Å². The number of rotatable bonds is 1. The zero-order valence-corrected chi connectivity index (χ0v) is 9.10. The van der Waals surface area contributed by atoms with Crippen molar-refractivity contribution in [2.75, 3.05) is 7.05 Å². The van der Waals surface area contributed by atoms with E-state index in [0.717, 1.165) is 17.4 Å². The molecule has 0 aromatic heterocycles. The van der Waals surface area contributed by atoms with Crippen LogP contribution in [0, 0.1) is 11.3 Å². The van der Waals surface area contributed by atoms with Crippen LogP contribution in [0.25, 0.3) is 0 Å². The SMILES string of the molecule is CNC1CCC2(CCCC2)C(C)C1. The summed E-state index contributed by atoms with van der Waals surface area (Å²) >= 11 is 0. The lowest BCUT2D eigenvalue weighted by Gasteiger charge is -2.43. The van der Waals surface area contributed by atoms with Crippen LogP contribution in [0.3, 0.4) is 0 Å². The van der Waals surface area contributed by atoms with Gasteiger partial charge in [0.25, 0.3) is 0 Å². The summed E-state index contributed by atoms with van der Waals surface area (Å²) in [6, 6.07) is 0.807. The summed E-state index contributed by atoms with van der Waals surface area (Å²) in [5.41, 5.74) is 0.771. The Labute approximate surface area is 82.3 Å². The van der Waals surface area contributed by atoms with E-state index in [9.17, 15) is 0 Å². The van der Waals surface area contributed by atoms with Gasteiger partial charge in [0.1, 0.15) is 0 Å². The second-order valence-corrected chi connectivity index (χ2v) is 5.23. The Morgan fingerprint density at radius 3 is 2.38 bits per heavy atom. The maximum absolute atomic E-state index is 3.44. The van der Waals surface area contributed by atoms with Gasteiger partial charge in [0.15, 0.2) is 0 Å². The number of nitrogens with one attached hydrogen (secondary N) is 1. The Morgan fingerprint density at radius 2 is 1.85 bits per heavy atom. The third-order valence-corrected chi connectivity index (χ3v) is 4.68. The van der Waals surface area contributed by atoms with E-state index < -0.39 is 0 Å². The first kappa shape index (κ1) is 9.51. The number of hydrogen-bond donors (Lipinski definition) is 1. The molecule has 2 fully saturated rings. The molecule has 1 heteroatoms. The van der Waals surface area contributed by atoms with Crippen LogP contribution in [-0.4, -0.2) is 13.1 Å². The summed E-state index contributed by atoms with van der Waals surface area (Å²) in [6.07, 6.45) is 10.3. The minimum absolute atomic E-state index is 0.771. The molecule has 13 heavy (non-hydrogen) atoms. The molecule has 2 saturated carbocycles. The van der Waals surface area contributed by atoms with E-state index in [1.807, 2.05) is 0 Å². The molecule has 2 rings (SSSR count). The second-order valence-electron chi connectivity index (χ2n) is 5.23. The summed E-state index contributed by atoms with van der Waals surface area (Å²) in [4.78, 5) is 0. The van der Waals surface area contributed by atoms with E-state index in [4.69, 9.17) is 0 Å². The molecule has 0 saturated heterocycles. The average molecular weight is 181 g/mol. The molecule has 76 valence electrons. The maximum Gasteiger partial charge on any atom is 0.00670 e. The summed E-state index contributed by atoms with van der Waals surface area (Å²) in [7, 11) is 2.12. The summed E-state index contributed by atoms with van der Waals surface area (Å²) < 4.78 is 0. The minimum Gasteiger partial charge on any atom is -0.317 e. The van der Waals surface area contributed by atoms with Crippen molar-refractivity contribution in [1.82, 2.24) is 5.32 Å². The molecule has 0 bridgehead atoms. The Hall–Kier alpha value is -0.0400. The Morgan fingerprint density at radius 1 is 1.15 bits per heavy atom. The van der Waals surface area contributed by atoms with E-state index in [0.29, 0.717) is 0 Å². The van der Waals surface area contributed by atoms with Gasteiger partial charge in [-0.15, -0.1) is 0 Å². The van der Waals surface area contributed by atoms with Crippen molar-refractivity contribution in [2.24, 2.45) is 11.3 Å². The molecule has 0 aromatic rings. The zero-order chi connectivity index (χ0) is 9.31. The van der Waals surface area contributed by atoms with Crippen molar-refractivity contribution in [1.29, 1.82) is 0 Å². The van der Waals surface area contributed by atoms with Gasteiger partial charge < -0.3 is 5.32 Å². The fourth-order valence-corrected chi connectivity index (χ4v) is 3.59. The standard InChI is InChI=1S/C12H23N/c1-10-9-11(13-2)5-8-12(10)6-3-4-7-12/h10-11,13H,3-9H2,1-2H3. The molecule has 0 amide bonds. The van der Waals surface area contributed by atoms with E-state index in [-0.39, 0.29) is 0 Å². The van der Waals surface area contributed by atoms with Gasteiger partial charge in [0, 0.05) is 6.04 Å². The lowest BCUT2D eigenvalue weighted by Crippen LogP contribution is -2.40. The van der Waals surface area contributed by atoms with Gasteiger partial charge in [0.05, 0.1) is 0 Å². The molecule has 0 heterocycles. The normalized spacial score (nSPS) is 38.3. The van der Waals surface area contributed by atoms with Crippen molar-refractivity contribution in [3.8, 4) is 0 Å². The summed E-state index contributed by atoms with van der Waals surface area (Å²) in [6.45, 7) is 2.48. The summed E-state index contributed by atoms with van der Waals surface area (Å²) in [5.74, 6) is 0.959. The highest BCUT2D eigenvalue weighted by molar-refractivity contribution is 4.94. The van der Waals surface area contributed by atoms with Crippen molar-refractivity contribution >= 4 is 0 Å². The fourth-order valence-electron chi connectivity index (χ4n) is 3.59. The van der Waals surface area contributed by atoms with E-state index in [1.165, 1.54) is 44.9 Å². The Kier molecular flexibility index (Phi) is 2.64. The quantitative estimate of drug-likeness (QED) is 0.656. The van der Waals surface area contributed by atoms with Crippen LogP contribution in [0.5, 0.6) is 0 Å². The predicted molar refractivity (Wildman–Crippen MR) is 56.8 cm³/mol. The van der Waals surface area contributed by atoms with Crippen LogP contribution < -0.4 is 5.32 Å². The molecule has 2 aliphatic rings. The predicted octanol–water partition coefficient (Wildman–Crippen LogP) is 2.95. The van der Waals surface area contributed by atoms with Crippen LogP contribution in [0.4, 0.5) is 0 Å². The van der Waals surface area contributed by atoms with Crippen LogP contribution >= 0.6 is 0 Å². The molecule has 0 radical (unpaired) electrons. The summed E-state index contributed by atoms with van der Waals surface area (Å²) in [5, 5.41) is 3.44. The van der Waals surface area contributed by atoms with E-state index in [1.54, 1.807) is 0 Å². The van der Waals surface area contributed by atoms with Gasteiger partial charge in [-0.05, 0) is 50.5 Å². The van der Waals surface area contributed by atoms with Crippen LogP contribution in [-0.2, 0) is 0 Å². The maximum atomic E-state index is 3.44. The van der Waals surface area contributed by atoms with Gasteiger partial charge in [0.2, 0.25) is 0 Å². The molecule has 2 atom stereocenters. The van der Waals surface area contributed by atoms with Gasteiger partial charge in [-0.1, -0.05) is 19.8 Å². The first-order valence-corrected chi connectivity index (χ1v) is 5.94. The molecule has 0 aromatic carbocycles. The largest absolute Gasteiger partial charge is 0.317 e. The second kappa shape index (κ2) is 3.61. The molecule has 2 unspecified atom stereocenters. The Bertz CT molecular complexity index is 170. The highest BCUT2D eigenvalue weighted by Crippen LogP contribution is 2.52. The third kappa shape index (κ3) is 1.63. The lowest BCUT2D eigenvalue weighted by atomic mass is 9.64. The topological polar surface area (TPSA) is 12.0 Å². The fraction of sp³-hybridized carbons (Fsp3) is 1.00. The van der Waals surface area contributed by atoms with E-state index >= 15 is 0 Å². The molecule has 2 aliphatic carbocycles. The molecule has 1 spiro atoms. The molecular weight excluding hydrogens is 158 g/mol. The van der Waals surface area contributed by atoms with Crippen molar-refractivity contribution in [2.45, 2.75) is 57.9 Å². The van der Waals surface area contributed by atoms with Gasteiger partial charge in [-0.3, -0.25) is 0 Å². The lowest BCUT2D eigenvalue weighted by molar-refractivity contribution is 0.0954. The van der Waals surface area contributed by atoms with Crippen molar-refractivity contribution < 1.29 is 0 Å². The van der Waals surface area contributed by atoms with Crippen LogP contribution in [0.15, 0.2) is 0 Å². The highest BCUT2D eigenvalue weighted by atomic mass is 14.9.